The SMILES string of the molecule is O=C(c1cccc2c1OCCC2)C1CCSC1. The number of rotatable bonds is 2. The highest BCUT2D eigenvalue weighted by atomic mass is 32.2. The smallest absolute Gasteiger partial charge is 0.170 e. The second-order valence-electron chi connectivity index (χ2n) is 4.67. The zero-order chi connectivity index (χ0) is 11.7. The first-order valence-corrected chi connectivity index (χ1v) is 7.38. The number of para-hydroxylation sites is 1. The molecule has 0 amide bonds. The molecule has 1 aromatic rings. The van der Waals surface area contributed by atoms with E-state index < -0.39 is 0 Å². The number of hydrogen-bond acceptors (Lipinski definition) is 3. The van der Waals surface area contributed by atoms with Crippen LogP contribution in [-0.4, -0.2) is 23.9 Å². The van der Waals surface area contributed by atoms with Gasteiger partial charge in [-0.1, -0.05) is 12.1 Å². The van der Waals surface area contributed by atoms with E-state index in [4.69, 9.17) is 4.74 Å². The fraction of sp³-hybridized carbons (Fsp3) is 0.500. The summed E-state index contributed by atoms with van der Waals surface area (Å²) in [6.45, 7) is 0.747. The van der Waals surface area contributed by atoms with Crippen LogP contribution in [0.25, 0.3) is 0 Å². The number of ether oxygens (including phenoxy) is 1. The Hall–Kier alpha value is -0.960. The maximum atomic E-state index is 12.4. The van der Waals surface area contributed by atoms with Crippen molar-refractivity contribution in [3.05, 3.63) is 29.3 Å². The third kappa shape index (κ3) is 2.08. The standard InChI is InChI=1S/C14H16O2S/c15-13(11-6-8-17-9-11)12-5-1-3-10-4-2-7-16-14(10)12/h1,3,5,11H,2,4,6-9H2. The van der Waals surface area contributed by atoms with Crippen LogP contribution in [0, 0.1) is 5.92 Å². The van der Waals surface area contributed by atoms with Gasteiger partial charge < -0.3 is 4.74 Å². The number of benzene rings is 1. The highest BCUT2D eigenvalue weighted by Crippen LogP contribution is 2.33. The predicted molar refractivity (Wildman–Crippen MR) is 70.0 cm³/mol. The molecule has 3 heteroatoms. The quantitative estimate of drug-likeness (QED) is 0.753. The van der Waals surface area contributed by atoms with E-state index in [-0.39, 0.29) is 11.7 Å². The number of carbonyl (C=O) groups is 1. The van der Waals surface area contributed by atoms with Crippen LogP contribution in [0.3, 0.4) is 0 Å². The van der Waals surface area contributed by atoms with Crippen molar-refractivity contribution >= 4 is 17.5 Å². The van der Waals surface area contributed by atoms with Gasteiger partial charge in [0.05, 0.1) is 12.2 Å². The second-order valence-corrected chi connectivity index (χ2v) is 5.82. The molecule has 1 saturated heterocycles. The Kier molecular flexibility index (Phi) is 3.10. The molecule has 0 aliphatic carbocycles. The zero-order valence-corrected chi connectivity index (χ0v) is 10.6. The number of fused-ring (bicyclic) bond motifs is 1. The molecule has 3 rings (SSSR count). The molecule has 2 nitrogen and oxygen atoms in total. The Morgan fingerprint density at radius 3 is 3.18 bits per heavy atom. The van der Waals surface area contributed by atoms with Crippen LogP contribution in [0.15, 0.2) is 18.2 Å². The van der Waals surface area contributed by atoms with Crippen molar-refractivity contribution in [1.29, 1.82) is 0 Å². The maximum absolute atomic E-state index is 12.4. The van der Waals surface area contributed by atoms with E-state index in [1.54, 1.807) is 0 Å². The number of Topliss-reactive ketones (excluding diaryl/α,β-unsaturated/α-hetero) is 1. The molecule has 90 valence electrons. The van der Waals surface area contributed by atoms with E-state index in [9.17, 15) is 4.79 Å². The van der Waals surface area contributed by atoms with Crippen molar-refractivity contribution in [2.45, 2.75) is 19.3 Å². The van der Waals surface area contributed by atoms with Gasteiger partial charge in [-0.2, -0.15) is 11.8 Å². The molecule has 1 fully saturated rings. The van der Waals surface area contributed by atoms with E-state index in [2.05, 4.69) is 6.07 Å². The van der Waals surface area contributed by atoms with Crippen LogP contribution in [0.4, 0.5) is 0 Å². The average Bonchev–Trinajstić information content (AvgIpc) is 2.91. The molecular formula is C14H16O2S. The summed E-state index contributed by atoms with van der Waals surface area (Å²) in [5.41, 5.74) is 2.02. The zero-order valence-electron chi connectivity index (χ0n) is 9.78. The minimum atomic E-state index is 0.206. The highest BCUT2D eigenvalue weighted by molar-refractivity contribution is 7.99. The summed E-state index contributed by atoms with van der Waals surface area (Å²) in [6.07, 6.45) is 3.12. The van der Waals surface area contributed by atoms with Crippen LogP contribution >= 0.6 is 11.8 Å². The van der Waals surface area contributed by atoms with Gasteiger partial charge in [0, 0.05) is 11.7 Å². The van der Waals surface area contributed by atoms with Crippen molar-refractivity contribution in [1.82, 2.24) is 0 Å². The molecule has 0 saturated carbocycles. The summed E-state index contributed by atoms with van der Waals surface area (Å²) in [7, 11) is 0. The van der Waals surface area contributed by atoms with Gasteiger partial charge in [-0.15, -0.1) is 0 Å². The molecule has 0 bridgehead atoms. The predicted octanol–water partition coefficient (Wildman–Crippen LogP) is 2.95. The molecule has 0 aromatic heterocycles. The third-order valence-electron chi connectivity index (χ3n) is 3.50. The van der Waals surface area contributed by atoms with Crippen LogP contribution < -0.4 is 4.74 Å². The first-order valence-electron chi connectivity index (χ1n) is 6.23. The van der Waals surface area contributed by atoms with Gasteiger partial charge in [0.25, 0.3) is 0 Å². The van der Waals surface area contributed by atoms with Crippen molar-refractivity contribution < 1.29 is 9.53 Å². The molecule has 1 aromatic carbocycles. The maximum Gasteiger partial charge on any atom is 0.170 e. The molecule has 1 atom stereocenters. The summed E-state index contributed by atoms with van der Waals surface area (Å²) in [5.74, 6) is 3.45. The summed E-state index contributed by atoms with van der Waals surface area (Å²) in [4.78, 5) is 12.4. The highest BCUT2D eigenvalue weighted by Gasteiger charge is 2.28. The lowest BCUT2D eigenvalue weighted by atomic mass is 9.93. The molecule has 17 heavy (non-hydrogen) atoms. The van der Waals surface area contributed by atoms with Crippen molar-refractivity contribution in [3.8, 4) is 5.75 Å². The molecule has 0 spiro atoms. The average molecular weight is 248 g/mol. The van der Waals surface area contributed by atoms with E-state index in [1.807, 2.05) is 23.9 Å². The van der Waals surface area contributed by atoms with Crippen LogP contribution in [-0.2, 0) is 6.42 Å². The molecule has 2 aliphatic heterocycles. The lowest BCUT2D eigenvalue weighted by Gasteiger charge is -2.20. The summed E-state index contributed by atoms with van der Waals surface area (Å²) < 4.78 is 5.71. The van der Waals surface area contributed by atoms with Crippen LogP contribution in [0.5, 0.6) is 5.75 Å². The normalized spacial score (nSPS) is 22.9. The van der Waals surface area contributed by atoms with Gasteiger partial charge >= 0.3 is 0 Å². The fourth-order valence-electron chi connectivity index (χ4n) is 2.54. The molecule has 1 unspecified atom stereocenters. The number of carbonyl (C=O) groups excluding carboxylic acids is 1. The Labute approximate surface area is 106 Å². The topological polar surface area (TPSA) is 26.3 Å². The van der Waals surface area contributed by atoms with E-state index >= 15 is 0 Å². The number of thioether (sulfide) groups is 1. The van der Waals surface area contributed by atoms with Crippen LogP contribution in [0.1, 0.15) is 28.8 Å². The van der Waals surface area contributed by atoms with Crippen molar-refractivity contribution in [3.63, 3.8) is 0 Å². The summed E-state index contributed by atoms with van der Waals surface area (Å²) in [6, 6.07) is 5.99. The minimum Gasteiger partial charge on any atom is -0.493 e. The lowest BCUT2D eigenvalue weighted by Crippen LogP contribution is -2.18. The number of ketones is 1. The molecular weight excluding hydrogens is 232 g/mol. The first-order chi connectivity index (χ1) is 8.36. The van der Waals surface area contributed by atoms with Crippen molar-refractivity contribution in [2.24, 2.45) is 5.92 Å². The summed E-state index contributed by atoms with van der Waals surface area (Å²) >= 11 is 1.88. The third-order valence-corrected chi connectivity index (χ3v) is 4.66. The van der Waals surface area contributed by atoms with Crippen LogP contribution in [0.2, 0.25) is 0 Å². The second kappa shape index (κ2) is 4.73. The molecule has 2 aliphatic rings. The minimum absolute atomic E-state index is 0.206. The Morgan fingerprint density at radius 1 is 1.41 bits per heavy atom. The van der Waals surface area contributed by atoms with Gasteiger partial charge in [0.2, 0.25) is 0 Å². The Balaban J connectivity index is 1.94. The largest absolute Gasteiger partial charge is 0.493 e. The molecule has 0 N–H and O–H groups in total. The van der Waals surface area contributed by atoms with Gasteiger partial charge in [-0.3, -0.25) is 4.79 Å². The Morgan fingerprint density at radius 2 is 2.35 bits per heavy atom. The van der Waals surface area contributed by atoms with Gasteiger partial charge in [0.15, 0.2) is 5.78 Å². The van der Waals surface area contributed by atoms with Crippen molar-refractivity contribution in [2.75, 3.05) is 18.1 Å². The van der Waals surface area contributed by atoms with E-state index in [1.165, 1.54) is 5.56 Å². The van der Waals surface area contributed by atoms with Gasteiger partial charge in [0.1, 0.15) is 5.75 Å². The van der Waals surface area contributed by atoms with E-state index in [0.29, 0.717) is 0 Å². The van der Waals surface area contributed by atoms with Gasteiger partial charge in [-0.25, -0.2) is 0 Å². The molecule has 0 radical (unpaired) electrons. The first kappa shape index (κ1) is 11.1. The molecule has 2 heterocycles. The Bertz CT molecular complexity index is 436. The fourth-order valence-corrected chi connectivity index (χ4v) is 3.76. The number of aryl methyl sites for hydroxylation is 1. The monoisotopic (exact) mass is 248 g/mol. The van der Waals surface area contributed by atoms with E-state index in [0.717, 1.165) is 48.7 Å². The van der Waals surface area contributed by atoms with Gasteiger partial charge in [-0.05, 0) is 36.6 Å². The number of hydrogen-bond donors (Lipinski definition) is 0. The summed E-state index contributed by atoms with van der Waals surface area (Å²) in [5, 5.41) is 0. The lowest BCUT2D eigenvalue weighted by molar-refractivity contribution is 0.0928.